The number of aryl methyl sites for hydroxylation is 2. The zero-order valence-corrected chi connectivity index (χ0v) is 15.3. The molecule has 7 heteroatoms. The van der Waals surface area contributed by atoms with Crippen LogP contribution in [0.1, 0.15) is 40.0 Å². The van der Waals surface area contributed by atoms with Crippen LogP contribution in [0.2, 0.25) is 5.02 Å². The summed E-state index contributed by atoms with van der Waals surface area (Å²) < 4.78 is 31.1. The highest BCUT2D eigenvalue weighted by Gasteiger charge is 2.18. The number of esters is 1. The summed E-state index contributed by atoms with van der Waals surface area (Å²) in [4.78, 5) is 23.9. The molecule has 26 heavy (non-hydrogen) atoms. The molecule has 0 spiro atoms. The van der Waals surface area contributed by atoms with E-state index in [1.54, 1.807) is 6.92 Å². The molecule has 0 bridgehead atoms. The number of amides is 1. The maximum Gasteiger partial charge on any atom is 0.340 e. The van der Waals surface area contributed by atoms with E-state index in [-0.39, 0.29) is 16.6 Å². The highest BCUT2D eigenvalue weighted by molar-refractivity contribution is 6.33. The molecule has 0 aliphatic heterocycles. The van der Waals surface area contributed by atoms with Crippen molar-refractivity contribution in [1.82, 2.24) is 5.32 Å². The van der Waals surface area contributed by atoms with Crippen molar-refractivity contribution in [2.75, 3.05) is 6.61 Å². The van der Waals surface area contributed by atoms with Gasteiger partial charge in [-0.1, -0.05) is 29.8 Å². The van der Waals surface area contributed by atoms with Crippen molar-refractivity contribution in [2.24, 2.45) is 0 Å². The summed E-state index contributed by atoms with van der Waals surface area (Å²) in [7, 11) is 0. The number of carbonyl (C=O) groups excluding carboxylic acids is 2. The lowest BCUT2D eigenvalue weighted by Crippen LogP contribution is -2.31. The van der Waals surface area contributed by atoms with Crippen LogP contribution < -0.4 is 5.32 Å². The predicted octanol–water partition coefficient (Wildman–Crippen LogP) is 4.27. The largest absolute Gasteiger partial charge is 0.452 e. The average molecular weight is 382 g/mol. The van der Waals surface area contributed by atoms with Crippen molar-refractivity contribution in [3.63, 3.8) is 0 Å². The fourth-order valence-corrected chi connectivity index (χ4v) is 2.52. The van der Waals surface area contributed by atoms with Crippen molar-refractivity contribution >= 4 is 23.5 Å². The first kappa shape index (κ1) is 19.8. The molecule has 0 radical (unpaired) electrons. The summed E-state index contributed by atoms with van der Waals surface area (Å²) in [5, 5.41) is 2.41. The number of benzene rings is 2. The van der Waals surface area contributed by atoms with Gasteiger partial charge in [0.25, 0.3) is 5.91 Å². The SMILES string of the molecule is Cc1ccc([C@H](C)NC(=O)COC(=O)c2cc(F)c(F)cc2Cl)cc1C. The molecule has 2 rings (SSSR count). The Bertz CT molecular complexity index is 855. The zero-order chi connectivity index (χ0) is 19.4. The molecule has 0 aliphatic rings. The predicted molar refractivity (Wildman–Crippen MR) is 94.1 cm³/mol. The highest BCUT2D eigenvalue weighted by atomic mass is 35.5. The summed E-state index contributed by atoms with van der Waals surface area (Å²) in [5.41, 5.74) is 2.81. The molecule has 1 N–H and O–H groups in total. The van der Waals surface area contributed by atoms with Gasteiger partial charge in [-0.3, -0.25) is 4.79 Å². The van der Waals surface area contributed by atoms with Gasteiger partial charge in [0, 0.05) is 0 Å². The second kappa shape index (κ2) is 8.27. The van der Waals surface area contributed by atoms with E-state index in [0.29, 0.717) is 12.1 Å². The van der Waals surface area contributed by atoms with Crippen LogP contribution in [0.4, 0.5) is 8.78 Å². The summed E-state index contributed by atoms with van der Waals surface area (Å²) in [5.74, 6) is -3.94. The van der Waals surface area contributed by atoms with E-state index in [4.69, 9.17) is 16.3 Å². The Balaban J connectivity index is 1.95. The molecule has 0 aromatic heterocycles. The van der Waals surface area contributed by atoms with Gasteiger partial charge in [-0.25, -0.2) is 13.6 Å². The minimum atomic E-state index is -1.23. The quantitative estimate of drug-likeness (QED) is 0.621. The first-order valence-corrected chi connectivity index (χ1v) is 8.25. The van der Waals surface area contributed by atoms with Crippen LogP contribution in [-0.4, -0.2) is 18.5 Å². The fourth-order valence-electron chi connectivity index (χ4n) is 2.29. The van der Waals surface area contributed by atoms with Crippen molar-refractivity contribution < 1.29 is 23.1 Å². The molecule has 0 fully saturated rings. The van der Waals surface area contributed by atoms with E-state index < -0.39 is 30.1 Å². The molecule has 1 atom stereocenters. The van der Waals surface area contributed by atoms with E-state index in [0.717, 1.165) is 16.7 Å². The molecule has 138 valence electrons. The van der Waals surface area contributed by atoms with Gasteiger partial charge in [0.2, 0.25) is 0 Å². The highest BCUT2D eigenvalue weighted by Crippen LogP contribution is 2.21. The minimum Gasteiger partial charge on any atom is -0.452 e. The van der Waals surface area contributed by atoms with Gasteiger partial charge >= 0.3 is 5.97 Å². The number of carbonyl (C=O) groups is 2. The summed E-state index contributed by atoms with van der Waals surface area (Å²) >= 11 is 5.70. The summed E-state index contributed by atoms with van der Waals surface area (Å²) in [6.45, 7) is 5.20. The van der Waals surface area contributed by atoms with E-state index in [1.807, 2.05) is 32.0 Å². The van der Waals surface area contributed by atoms with Gasteiger partial charge in [0.05, 0.1) is 16.6 Å². The normalized spacial score (nSPS) is 11.8. The number of halogens is 3. The number of hydrogen-bond acceptors (Lipinski definition) is 3. The molecule has 0 unspecified atom stereocenters. The van der Waals surface area contributed by atoms with Crippen LogP contribution in [0.5, 0.6) is 0 Å². The number of nitrogens with one attached hydrogen (secondary N) is 1. The zero-order valence-electron chi connectivity index (χ0n) is 14.5. The number of rotatable bonds is 5. The average Bonchev–Trinajstić information content (AvgIpc) is 2.58. The van der Waals surface area contributed by atoms with Gasteiger partial charge in [-0.15, -0.1) is 0 Å². The second-order valence-corrected chi connectivity index (χ2v) is 6.36. The maximum absolute atomic E-state index is 13.2. The first-order chi connectivity index (χ1) is 12.2. The van der Waals surface area contributed by atoms with Crippen LogP contribution in [0.15, 0.2) is 30.3 Å². The first-order valence-electron chi connectivity index (χ1n) is 7.87. The van der Waals surface area contributed by atoms with Gasteiger partial charge in [-0.2, -0.15) is 0 Å². The molecule has 2 aromatic rings. The van der Waals surface area contributed by atoms with E-state index in [9.17, 15) is 18.4 Å². The molecule has 0 heterocycles. The Hall–Kier alpha value is -2.47. The lowest BCUT2D eigenvalue weighted by molar-refractivity contribution is -0.124. The van der Waals surface area contributed by atoms with Crippen LogP contribution in [0.3, 0.4) is 0 Å². The molecular formula is C19H18ClF2NO3. The molecule has 1 amide bonds. The topological polar surface area (TPSA) is 55.4 Å². The van der Waals surface area contributed by atoms with Crippen LogP contribution in [-0.2, 0) is 9.53 Å². The fraction of sp³-hybridized carbons (Fsp3) is 0.263. The van der Waals surface area contributed by atoms with Crippen LogP contribution in [0, 0.1) is 25.5 Å². The molecular weight excluding hydrogens is 364 g/mol. The van der Waals surface area contributed by atoms with Crippen molar-refractivity contribution in [3.05, 3.63) is 69.2 Å². The van der Waals surface area contributed by atoms with Gasteiger partial charge in [0.1, 0.15) is 0 Å². The van der Waals surface area contributed by atoms with Crippen LogP contribution in [0.25, 0.3) is 0 Å². The smallest absolute Gasteiger partial charge is 0.340 e. The minimum absolute atomic E-state index is 0.285. The van der Waals surface area contributed by atoms with E-state index >= 15 is 0 Å². The monoisotopic (exact) mass is 381 g/mol. The van der Waals surface area contributed by atoms with Crippen molar-refractivity contribution in [3.8, 4) is 0 Å². The van der Waals surface area contributed by atoms with Crippen molar-refractivity contribution in [1.29, 1.82) is 0 Å². The van der Waals surface area contributed by atoms with E-state index in [2.05, 4.69) is 5.32 Å². The lowest BCUT2D eigenvalue weighted by Gasteiger charge is -2.16. The maximum atomic E-state index is 13.2. The third-order valence-electron chi connectivity index (χ3n) is 3.97. The third-order valence-corrected chi connectivity index (χ3v) is 4.29. The summed E-state index contributed by atoms with van der Waals surface area (Å²) in [6.07, 6.45) is 0. The molecule has 0 aliphatic carbocycles. The Morgan fingerprint density at radius 2 is 1.77 bits per heavy atom. The van der Waals surface area contributed by atoms with E-state index in [1.165, 1.54) is 0 Å². The summed E-state index contributed by atoms with van der Waals surface area (Å²) in [6, 6.07) is 6.85. The molecule has 0 saturated heterocycles. The Morgan fingerprint density at radius 3 is 2.42 bits per heavy atom. The van der Waals surface area contributed by atoms with Crippen molar-refractivity contribution in [2.45, 2.75) is 26.8 Å². The Morgan fingerprint density at radius 1 is 1.12 bits per heavy atom. The van der Waals surface area contributed by atoms with Gasteiger partial charge in [-0.05, 0) is 49.6 Å². The molecule has 0 saturated carbocycles. The third kappa shape index (κ3) is 4.79. The Labute approximate surface area is 155 Å². The Kier molecular flexibility index (Phi) is 6.32. The van der Waals surface area contributed by atoms with Crippen LogP contribution >= 0.6 is 11.6 Å². The second-order valence-electron chi connectivity index (χ2n) is 5.96. The van der Waals surface area contributed by atoms with Gasteiger partial charge < -0.3 is 10.1 Å². The lowest BCUT2D eigenvalue weighted by atomic mass is 10.0. The van der Waals surface area contributed by atoms with Gasteiger partial charge in [0.15, 0.2) is 18.2 Å². The molecule has 2 aromatic carbocycles. The molecule has 4 nitrogen and oxygen atoms in total. The number of hydrogen-bond donors (Lipinski definition) is 1. The standard InChI is InChI=1S/C19H18ClF2NO3/c1-10-4-5-13(6-11(10)2)12(3)23-18(24)9-26-19(25)14-7-16(21)17(22)8-15(14)20/h4-8,12H,9H2,1-3H3,(H,23,24)/t12-/m0/s1. The number of ether oxygens (including phenoxy) is 1.